The second-order valence-electron chi connectivity index (χ2n) is 4.84. The maximum atomic E-state index is 11.0. The van der Waals surface area contributed by atoms with Crippen LogP contribution >= 0.6 is 0 Å². The minimum absolute atomic E-state index is 0.267. The van der Waals surface area contributed by atoms with Crippen molar-refractivity contribution >= 4 is 17.3 Å². The van der Waals surface area contributed by atoms with E-state index in [0.717, 1.165) is 11.4 Å². The fraction of sp³-hybridized carbons (Fsp3) is 0.188. The first-order valence-electron chi connectivity index (χ1n) is 6.41. The highest BCUT2D eigenvalue weighted by Gasteiger charge is 2.10. The van der Waals surface area contributed by atoms with E-state index in [1.165, 1.54) is 0 Å². The van der Waals surface area contributed by atoms with E-state index in [2.05, 4.69) is 16.4 Å². The number of pyridine rings is 1. The van der Waals surface area contributed by atoms with Gasteiger partial charge in [-0.1, -0.05) is 0 Å². The van der Waals surface area contributed by atoms with Crippen LogP contribution in [0.1, 0.15) is 32.9 Å². The fourth-order valence-electron chi connectivity index (χ4n) is 2.21. The number of anilines is 2. The van der Waals surface area contributed by atoms with Gasteiger partial charge in [-0.15, -0.1) is 0 Å². The van der Waals surface area contributed by atoms with Gasteiger partial charge in [0, 0.05) is 11.4 Å². The van der Waals surface area contributed by atoms with Crippen LogP contribution in [0, 0.1) is 32.1 Å². The van der Waals surface area contributed by atoms with Crippen molar-refractivity contribution in [3.63, 3.8) is 0 Å². The molecule has 5 nitrogen and oxygen atoms in total. The van der Waals surface area contributed by atoms with Gasteiger partial charge in [-0.2, -0.15) is 5.26 Å². The van der Waals surface area contributed by atoms with Gasteiger partial charge in [-0.25, -0.2) is 4.79 Å². The van der Waals surface area contributed by atoms with E-state index in [9.17, 15) is 10.1 Å². The summed E-state index contributed by atoms with van der Waals surface area (Å²) >= 11 is 0. The Bertz CT molecular complexity index is 761. The molecular weight excluding hydrogens is 266 g/mol. The topological polar surface area (TPSA) is 86.0 Å². The van der Waals surface area contributed by atoms with Crippen molar-refractivity contribution in [3.05, 3.63) is 52.3 Å². The zero-order valence-electron chi connectivity index (χ0n) is 12.1. The van der Waals surface area contributed by atoms with Crippen LogP contribution in [0.4, 0.5) is 11.4 Å². The van der Waals surface area contributed by atoms with Gasteiger partial charge < -0.3 is 10.4 Å². The molecule has 21 heavy (non-hydrogen) atoms. The van der Waals surface area contributed by atoms with Crippen molar-refractivity contribution in [1.29, 1.82) is 5.26 Å². The molecule has 0 amide bonds. The molecule has 0 fully saturated rings. The Labute approximate surface area is 122 Å². The number of nitrogens with zero attached hydrogens (tertiary/aromatic N) is 2. The molecule has 0 saturated carbocycles. The summed E-state index contributed by atoms with van der Waals surface area (Å²) < 4.78 is 0. The molecule has 2 N–H and O–H groups in total. The lowest BCUT2D eigenvalue weighted by Crippen LogP contribution is -2.02. The summed E-state index contributed by atoms with van der Waals surface area (Å²) in [5, 5.41) is 21.4. The van der Waals surface area contributed by atoms with Crippen LogP contribution in [-0.2, 0) is 0 Å². The molecule has 0 unspecified atom stereocenters. The SMILES string of the molecule is Cc1cc(Nc2ccc(C(=O)O)c(C)c2)c(C#N)c(C)n1. The summed E-state index contributed by atoms with van der Waals surface area (Å²) in [7, 11) is 0. The third-order valence-corrected chi connectivity index (χ3v) is 3.18. The number of aromatic nitrogens is 1. The van der Waals surface area contributed by atoms with Gasteiger partial charge in [0.25, 0.3) is 0 Å². The number of hydrogen-bond donors (Lipinski definition) is 2. The Morgan fingerprint density at radius 3 is 2.57 bits per heavy atom. The second-order valence-corrected chi connectivity index (χ2v) is 4.84. The number of nitriles is 1. The Morgan fingerprint density at radius 1 is 1.29 bits per heavy atom. The molecule has 0 aliphatic carbocycles. The van der Waals surface area contributed by atoms with Crippen LogP contribution < -0.4 is 5.32 Å². The van der Waals surface area contributed by atoms with E-state index in [0.29, 0.717) is 22.5 Å². The number of aryl methyl sites for hydroxylation is 3. The fourth-order valence-corrected chi connectivity index (χ4v) is 2.21. The van der Waals surface area contributed by atoms with Crippen molar-refractivity contribution in [3.8, 4) is 6.07 Å². The molecule has 5 heteroatoms. The van der Waals surface area contributed by atoms with Crippen molar-refractivity contribution in [1.82, 2.24) is 4.98 Å². The summed E-state index contributed by atoms with van der Waals surface area (Å²) in [6.45, 7) is 5.39. The van der Waals surface area contributed by atoms with Crippen LogP contribution in [0.15, 0.2) is 24.3 Å². The first-order chi connectivity index (χ1) is 9.92. The molecule has 0 atom stereocenters. The van der Waals surface area contributed by atoms with Crippen LogP contribution in [0.2, 0.25) is 0 Å². The molecule has 0 saturated heterocycles. The summed E-state index contributed by atoms with van der Waals surface area (Å²) in [5.41, 5.74) is 4.30. The first kappa shape index (κ1) is 14.5. The maximum Gasteiger partial charge on any atom is 0.335 e. The van der Waals surface area contributed by atoms with Crippen molar-refractivity contribution in [2.45, 2.75) is 20.8 Å². The quantitative estimate of drug-likeness (QED) is 0.901. The molecule has 1 aromatic carbocycles. The largest absolute Gasteiger partial charge is 0.478 e. The smallest absolute Gasteiger partial charge is 0.335 e. The van der Waals surface area contributed by atoms with Gasteiger partial charge in [0.05, 0.1) is 22.5 Å². The molecule has 2 aromatic rings. The average Bonchev–Trinajstić information content (AvgIpc) is 2.37. The number of benzene rings is 1. The Balaban J connectivity index is 2.42. The number of rotatable bonds is 3. The molecule has 2 rings (SSSR count). The number of carbonyl (C=O) groups is 1. The normalized spacial score (nSPS) is 10.0. The Hall–Kier alpha value is -2.87. The minimum atomic E-state index is -0.952. The third kappa shape index (κ3) is 3.00. The van der Waals surface area contributed by atoms with E-state index >= 15 is 0 Å². The maximum absolute atomic E-state index is 11.0. The van der Waals surface area contributed by atoms with E-state index < -0.39 is 5.97 Å². The number of hydrogen-bond acceptors (Lipinski definition) is 4. The zero-order valence-corrected chi connectivity index (χ0v) is 12.1. The van der Waals surface area contributed by atoms with E-state index in [-0.39, 0.29) is 5.56 Å². The van der Waals surface area contributed by atoms with E-state index in [4.69, 9.17) is 5.11 Å². The van der Waals surface area contributed by atoms with Gasteiger partial charge >= 0.3 is 5.97 Å². The first-order valence-corrected chi connectivity index (χ1v) is 6.41. The molecule has 0 spiro atoms. The van der Waals surface area contributed by atoms with Gasteiger partial charge in [-0.3, -0.25) is 4.98 Å². The lowest BCUT2D eigenvalue weighted by Gasteiger charge is -2.12. The van der Waals surface area contributed by atoms with Gasteiger partial charge in [-0.05, 0) is 50.6 Å². The monoisotopic (exact) mass is 281 g/mol. The number of nitrogens with one attached hydrogen (secondary N) is 1. The van der Waals surface area contributed by atoms with Gasteiger partial charge in [0.2, 0.25) is 0 Å². The van der Waals surface area contributed by atoms with Gasteiger partial charge in [0.1, 0.15) is 6.07 Å². The van der Waals surface area contributed by atoms with Crippen molar-refractivity contribution < 1.29 is 9.90 Å². The zero-order chi connectivity index (χ0) is 15.6. The number of carboxylic acid groups (broad SMARTS) is 1. The van der Waals surface area contributed by atoms with Crippen LogP contribution in [0.5, 0.6) is 0 Å². The molecule has 1 aromatic heterocycles. The highest BCUT2D eigenvalue weighted by Crippen LogP contribution is 2.24. The minimum Gasteiger partial charge on any atom is -0.478 e. The molecule has 0 radical (unpaired) electrons. The predicted molar refractivity (Wildman–Crippen MR) is 79.8 cm³/mol. The number of carboxylic acids is 1. The summed E-state index contributed by atoms with van der Waals surface area (Å²) in [4.78, 5) is 15.3. The summed E-state index contributed by atoms with van der Waals surface area (Å²) in [6, 6.07) is 8.91. The van der Waals surface area contributed by atoms with Crippen molar-refractivity contribution in [2.75, 3.05) is 5.32 Å². The molecule has 1 heterocycles. The summed E-state index contributed by atoms with van der Waals surface area (Å²) in [6.07, 6.45) is 0. The van der Waals surface area contributed by atoms with Gasteiger partial charge in [0.15, 0.2) is 0 Å². The van der Waals surface area contributed by atoms with Crippen LogP contribution in [-0.4, -0.2) is 16.1 Å². The molecule has 0 bridgehead atoms. The predicted octanol–water partition coefficient (Wildman–Crippen LogP) is 3.32. The lowest BCUT2D eigenvalue weighted by molar-refractivity contribution is 0.0696. The molecule has 106 valence electrons. The molecular formula is C16H15N3O2. The lowest BCUT2D eigenvalue weighted by atomic mass is 10.1. The van der Waals surface area contributed by atoms with E-state index in [1.807, 2.05) is 6.92 Å². The van der Waals surface area contributed by atoms with Crippen LogP contribution in [0.25, 0.3) is 0 Å². The highest BCUT2D eigenvalue weighted by atomic mass is 16.4. The third-order valence-electron chi connectivity index (χ3n) is 3.18. The standard InChI is InChI=1S/C16H15N3O2/c1-9-6-12(4-5-13(9)16(20)21)19-15-7-10(2)18-11(3)14(15)8-17/h4-7H,1-3H3,(H,18,19)(H,20,21). The Morgan fingerprint density at radius 2 is 2.00 bits per heavy atom. The molecule has 0 aliphatic heterocycles. The Kier molecular flexibility index (Phi) is 3.90. The number of aromatic carboxylic acids is 1. The molecule has 0 aliphatic rings. The van der Waals surface area contributed by atoms with Crippen LogP contribution in [0.3, 0.4) is 0 Å². The summed E-state index contributed by atoms with van der Waals surface area (Å²) in [5.74, 6) is -0.952. The van der Waals surface area contributed by atoms with E-state index in [1.54, 1.807) is 38.1 Å². The van der Waals surface area contributed by atoms with Crippen molar-refractivity contribution in [2.24, 2.45) is 0 Å². The second kappa shape index (κ2) is 5.63. The average molecular weight is 281 g/mol. The highest BCUT2D eigenvalue weighted by molar-refractivity contribution is 5.90.